The van der Waals surface area contributed by atoms with E-state index in [0.29, 0.717) is 6.54 Å². The smallest absolute Gasteiger partial charge is 0.211 e. The molecule has 78 valence electrons. The minimum Gasteiger partial charge on any atom is -0.211 e. The zero-order valence-electron chi connectivity index (χ0n) is 7.85. The van der Waals surface area contributed by atoms with Crippen LogP contribution in [0.3, 0.4) is 0 Å². The molecule has 5 heteroatoms. The molecule has 3 nitrogen and oxygen atoms in total. The molecule has 0 aliphatic heterocycles. The molecule has 0 heterocycles. The van der Waals surface area contributed by atoms with Crippen LogP contribution in [-0.4, -0.2) is 18.3 Å². The molecular formula is C9H12BrNO2S. The van der Waals surface area contributed by atoms with Crippen molar-refractivity contribution in [1.29, 1.82) is 0 Å². The highest BCUT2D eigenvalue weighted by Gasteiger charge is 2.17. The lowest BCUT2D eigenvalue weighted by Crippen LogP contribution is -2.22. The van der Waals surface area contributed by atoms with Gasteiger partial charge in [0.1, 0.15) is 0 Å². The van der Waals surface area contributed by atoms with E-state index in [-0.39, 0.29) is 5.75 Å². The summed E-state index contributed by atoms with van der Waals surface area (Å²) >= 11 is 3.00. The van der Waals surface area contributed by atoms with Crippen LogP contribution in [-0.2, 0) is 15.8 Å². The molecule has 0 radical (unpaired) electrons. The van der Waals surface area contributed by atoms with Gasteiger partial charge in [-0.2, -0.15) is 0 Å². The van der Waals surface area contributed by atoms with Crippen molar-refractivity contribution in [2.24, 2.45) is 0 Å². The minimum absolute atomic E-state index is 0.0347. The number of sulfonamides is 1. The van der Waals surface area contributed by atoms with Crippen LogP contribution < -0.4 is 0 Å². The molecule has 0 saturated carbocycles. The van der Waals surface area contributed by atoms with Gasteiger partial charge >= 0.3 is 0 Å². The molecular weight excluding hydrogens is 266 g/mol. The molecule has 0 atom stereocenters. The monoisotopic (exact) mass is 277 g/mol. The van der Waals surface area contributed by atoms with Crippen molar-refractivity contribution < 1.29 is 8.42 Å². The molecule has 0 amide bonds. The van der Waals surface area contributed by atoms with Crippen molar-refractivity contribution in [3.05, 3.63) is 35.9 Å². The summed E-state index contributed by atoms with van der Waals surface area (Å²) in [4.78, 5) is 0. The van der Waals surface area contributed by atoms with Gasteiger partial charge in [-0.05, 0) is 5.56 Å². The summed E-state index contributed by atoms with van der Waals surface area (Å²) in [6.07, 6.45) is 0. The molecule has 0 N–H and O–H groups in total. The topological polar surface area (TPSA) is 37.4 Å². The Hall–Kier alpha value is -0.390. The van der Waals surface area contributed by atoms with Crippen LogP contribution in [0.1, 0.15) is 12.5 Å². The van der Waals surface area contributed by atoms with Crippen molar-refractivity contribution in [3.8, 4) is 0 Å². The Balaban J connectivity index is 2.79. The molecule has 1 aromatic carbocycles. The highest BCUT2D eigenvalue weighted by atomic mass is 79.9. The second-order valence-corrected chi connectivity index (χ2v) is 6.06. The summed E-state index contributed by atoms with van der Waals surface area (Å²) in [6.45, 7) is 2.20. The first-order chi connectivity index (χ1) is 6.56. The fourth-order valence-corrected chi connectivity index (χ4v) is 2.51. The fraction of sp³-hybridized carbons (Fsp3) is 0.333. The first-order valence-electron chi connectivity index (χ1n) is 4.26. The summed E-state index contributed by atoms with van der Waals surface area (Å²) in [7, 11) is -3.21. The van der Waals surface area contributed by atoms with Gasteiger partial charge in [0.2, 0.25) is 10.0 Å². The van der Waals surface area contributed by atoms with E-state index >= 15 is 0 Å². The number of halogens is 1. The Morgan fingerprint density at radius 3 is 2.36 bits per heavy atom. The molecule has 0 aromatic heterocycles. The van der Waals surface area contributed by atoms with Crippen LogP contribution in [0.25, 0.3) is 0 Å². The van der Waals surface area contributed by atoms with Crippen LogP contribution in [0.2, 0.25) is 0 Å². The minimum atomic E-state index is -3.21. The summed E-state index contributed by atoms with van der Waals surface area (Å²) in [5.41, 5.74) is 0.797. The second kappa shape index (κ2) is 4.91. The van der Waals surface area contributed by atoms with E-state index in [2.05, 4.69) is 16.1 Å². The van der Waals surface area contributed by atoms with Crippen LogP contribution in [0.4, 0.5) is 0 Å². The number of hydrogen-bond donors (Lipinski definition) is 0. The van der Waals surface area contributed by atoms with Crippen LogP contribution >= 0.6 is 16.1 Å². The molecule has 1 aromatic rings. The lowest BCUT2D eigenvalue weighted by Gasteiger charge is -2.11. The average Bonchev–Trinajstić information content (AvgIpc) is 2.17. The van der Waals surface area contributed by atoms with Gasteiger partial charge in [-0.15, -0.1) is 3.33 Å². The van der Waals surface area contributed by atoms with Crippen molar-refractivity contribution in [3.63, 3.8) is 0 Å². The van der Waals surface area contributed by atoms with Crippen molar-refractivity contribution >= 4 is 26.2 Å². The van der Waals surface area contributed by atoms with Crippen molar-refractivity contribution in [1.82, 2.24) is 3.33 Å². The van der Waals surface area contributed by atoms with Gasteiger partial charge in [0, 0.05) is 22.7 Å². The molecule has 0 bridgehead atoms. The van der Waals surface area contributed by atoms with E-state index in [1.807, 2.05) is 18.2 Å². The van der Waals surface area contributed by atoms with Gasteiger partial charge in [0.15, 0.2) is 0 Å². The third-order valence-corrected chi connectivity index (χ3v) is 5.13. The van der Waals surface area contributed by atoms with E-state index in [1.54, 1.807) is 19.1 Å². The number of hydrogen-bond acceptors (Lipinski definition) is 2. The molecule has 0 unspecified atom stereocenters. The summed E-state index contributed by atoms with van der Waals surface area (Å²) in [5.74, 6) is 0.0347. The number of rotatable bonds is 4. The van der Waals surface area contributed by atoms with Crippen LogP contribution in [0.5, 0.6) is 0 Å². The molecule has 0 aliphatic rings. The van der Waals surface area contributed by atoms with E-state index in [1.165, 1.54) is 3.33 Å². The van der Waals surface area contributed by atoms with Crippen LogP contribution in [0.15, 0.2) is 30.3 Å². The average molecular weight is 278 g/mol. The Morgan fingerprint density at radius 2 is 1.86 bits per heavy atom. The third kappa shape index (κ3) is 3.08. The molecule has 0 aliphatic carbocycles. The maximum Gasteiger partial charge on any atom is 0.227 e. The third-order valence-electron chi connectivity index (χ3n) is 1.74. The molecule has 0 spiro atoms. The fourth-order valence-electron chi connectivity index (χ4n) is 1.05. The SMILES string of the molecule is CCN(Br)S(=O)(=O)Cc1ccccc1. The van der Waals surface area contributed by atoms with Crippen molar-refractivity contribution in [2.75, 3.05) is 6.54 Å². The lowest BCUT2D eigenvalue weighted by atomic mass is 10.2. The first kappa shape index (κ1) is 11.7. The van der Waals surface area contributed by atoms with Crippen molar-refractivity contribution in [2.45, 2.75) is 12.7 Å². The van der Waals surface area contributed by atoms with Crippen LogP contribution in [0, 0.1) is 0 Å². The summed E-state index contributed by atoms with van der Waals surface area (Å²) < 4.78 is 24.4. The highest BCUT2D eigenvalue weighted by molar-refractivity contribution is 9.08. The Kier molecular flexibility index (Phi) is 4.10. The lowest BCUT2D eigenvalue weighted by molar-refractivity contribution is 0.553. The standard InChI is InChI=1S/C9H12BrNO2S/c1-2-11(10)14(12,13)8-9-6-4-3-5-7-9/h3-7H,2,8H2,1H3. The quantitative estimate of drug-likeness (QED) is 0.791. The number of benzene rings is 1. The maximum absolute atomic E-state index is 11.6. The normalized spacial score (nSPS) is 11.9. The largest absolute Gasteiger partial charge is 0.227 e. The van der Waals surface area contributed by atoms with Gasteiger partial charge in [0.25, 0.3) is 0 Å². The van der Waals surface area contributed by atoms with E-state index in [0.717, 1.165) is 5.56 Å². The van der Waals surface area contributed by atoms with Gasteiger partial charge in [-0.1, -0.05) is 37.3 Å². The zero-order valence-corrected chi connectivity index (χ0v) is 10.3. The summed E-state index contributed by atoms with van der Waals surface area (Å²) in [5, 5.41) is 0. The first-order valence-corrected chi connectivity index (χ1v) is 6.58. The molecule has 0 fully saturated rings. The predicted octanol–water partition coefficient (Wildman–Crippen LogP) is 2.15. The Morgan fingerprint density at radius 1 is 1.29 bits per heavy atom. The number of nitrogens with zero attached hydrogens (tertiary/aromatic N) is 1. The Bertz CT molecular complexity index is 377. The highest BCUT2D eigenvalue weighted by Crippen LogP contribution is 2.13. The maximum atomic E-state index is 11.6. The predicted molar refractivity (Wildman–Crippen MR) is 60.4 cm³/mol. The van der Waals surface area contributed by atoms with E-state index in [9.17, 15) is 8.42 Å². The van der Waals surface area contributed by atoms with Gasteiger partial charge in [-0.25, -0.2) is 8.42 Å². The van der Waals surface area contributed by atoms with E-state index in [4.69, 9.17) is 0 Å². The van der Waals surface area contributed by atoms with Gasteiger partial charge in [0.05, 0.1) is 5.75 Å². The second-order valence-electron chi connectivity index (χ2n) is 2.85. The van der Waals surface area contributed by atoms with Gasteiger partial charge < -0.3 is 0 Å². The zero-order chi connectivity index (χ0) is 10.6. The molecule has 14 heavy (non-hydrogen) atoms. The van der Waals surface area contributed by atoms with E-state index < -0.39 is 10.0 Å². The van der Waals surface area contributed by atoms with Gasteiger partial charge in [-0.3, -0.25) is 0 Å². The molecule has 1 rings (SSSR count). The Labute approximate surface area is 93.1 Å². The molecule has 0 saturated heterocycles. The summed E-state index contributed by atoms with van der Waals surface area (Å²) in [6, 6.07) is 9.12.